The first kappa shape index (κ1) is 21.9. The van der Waals surface area contributed by atoms with E-state index in [1.807, 2.05) is 0 Å². The van der Waals surface area contributed by atoms with Crippen molar-refractivity contribution in [2.75, 3.05) is 6.61 Å². The summed E-state index contributed by atoms with van der Waals surface area (Å²) >= 11 is 0. The second kappa shape index (κ2) is 7.58. The number of allylic oxidation sites excluding steroid dienone is 1. The third-order valence-corrected chi connectivity index (χ3v) is 10.9. The molecule has 0 saturated heterocycles. The first-order chi connectivity index (χ1) is 14.7. The normalized spacial score (nSPS) is 49.7. The first-order valence-corrected chi connectivity index (χ1v) is 12.9. The van der Waals surface area contributed by atoms with E-state index < -0.39 is 0 Å². The van der Waals surface area contributed by atoms with Crippen molar-refractivity contribution in [3.63, 3.8) is 0 Å². The number of fused-ring (bicyclic) bond motifs is 7. The molecule has 5 aliphatic rings. The molecule has 0 amide bonds. The number of ketones is 1. The molecule has 4 nitrogen and oxygen atoms in total. The average Bonchev–Trinajstić information content (AvgIpc) is 3.22. The van der Waals surface area contributed by atoms with Crippen molar-refractivity contribution in [1.29, 1.82) is 0 Å². The van der Waals surface area contributed by atoms with E-state index in [0.29, 0.717) is 29.5 Å². The molecule has 1 aliphatic heterocycles. The Labute approximate surface area is 187 Å². The Morgan fingerprint density at radius 1 is 1.16 bits per heavy atom. The van der Waals surface area contributed by atoms with Gasteiger partial charge in [0, 0.05) is 30.8 Å². The predicted octanol–water partition coefficient (Wildman–Crippen LogP) is 4.88. The van der Waals surface area contributed by atoms with E-state index in [-0.39, 0.29) is 41.5 Å². The number of rotatable bonds is 4. The molecule has 10 atom stereocenters. The van der Waals surface area contributed by atoms with Crippen LogP contribution in [0.3, 0.4) is 0 Å². The zero-order chi connectivity index (χ0) is 22.1. The zero-order valence-corrected chi connectivity index (χ0v) is 19.9. The van der Waals surface area contributed by atoms with Gasteiger partial charge >= 0.3 is 0 Å². The number of carbonyl (C=O) groups excluding carboxylic acids is 1. The van der Waals surface area contributed by atoms with Crippen LogP contribution in [0, 0.1) is 46.3 Å². The molecule has 0 bridgehead atoms. The van der Waals surface area contributed by atoms with Crippen LogP contribution in [0.2, 0.25) is 0 Å². The average molecular weight is 431 g/mol. The van der Waals surface area contributed by atoms with Crippen LogP contribution in [0.1, 0.15) is 85.5 Å². The highest BCUT2D eigenvalue weighted by atomic mass is 16.5. The molecule has 4 fully saturated rings. The number of ether oxygens (including phenoxy) is 1. The molecule has 0 aromatic rings. The third-order valence-electron chi connectivity index (χ3n) is 10.9. The highest BCUT2D eigenvalue weighted by molar-refractivity contribution is 5.87. The second-order valence-corrected chi connectivity index (χ2v) is 12.3. The number of aliphatic hydroxyl groups is 2. The molecule has 0 radical (unpaired) electrons. The number of hydrogen-bond donors (Lipinski definition) is 2. The van der Waals surface area contributed by atoms with Gasteiger partial charge in [0.15, 0.2) is 0 Å². The summed E-state index contributed by atoms with van der Waals surface area (Å²) in [5.74, 6) is 4.23. The summed E-state index contributed by atoms with van der Waals surface area (Å²) < 4.78 is 6.54. The van der Waals surface area contributed by atoms with Crippen LogP contribution in [-0.2, 0) is 9.53 Å². The van der Waals surface area contributed by atoms with Crippen molar-refractivity contribution in [3.8, 4) is 0 Å². The number of carbonyl (C=O) groups is 1. The van der Waals surface area contributed by atoms with Gasteiger partial charge in [-0.2, -0.15) is 0 Å². The van der Waals surface area contributed by atoms with Gasteiger partial charge in [0.2, 0.25) is 0 Å². The minimum atomic E-state index is -0.280. The number of Topliss-reactive ketones (excluding diaryl/α,β-unsaturated/α-hetero) is 1. The fourth-order valence-electron chi connectivity index (χ4n) is 8.97. The Hall–Kier alpha value is -0.870. The van der Waals surface area contributed by atoms with Crippen LogP contribution in [0.4, 0.5) is 0 Å². The van der Waals surface area contributed by atoms with Crippen molar-refractivity contribution in [2.45, 2.75) is 97.7 Å². The smallest absolute Gasteiger partial charge is 0.140 e. The summed E-state index contributed by atoms with van der Waals surface area (Å²) in [5.41, 5.74) is 1.25. The maximum atomic E-state index is 13.9. The van der Waals surface area contributed by atoms with E-state index in [4.69, 9.17) is 4.74 Å². The molecular formula is C27H42O4. The van der Waals surface area contributed by atoms with Crippen LogP contribution < -0.4 is 0 Å². The summed E-state index contributed by atoms with van der Waals surface area (Å²) in [7, 11) is 0. The molecule has 5 rings (SSSR count). The third kappa shape index (κ3) is 3.10. The van der Waals surface area contributed by atoms with Crippen molar-refractivity contribution in [1.82, 2.24) is 0 Å². The molecule has 0 unspecified atom stereocenters. The summed E-state index contributed by atoms with van der Waals surface area (Å²) in [6.07, 6.45) is 8.93. The van der Waals surface area contributed by atoms with E-state index >= 15 is 0 Å². The van der Waals surface area contributed by atoms with Gasteiger partial charge in [-0.1, -0.05) is 20.8 Å². The largest absolute Gasteiger partial charge is 0.494 e. The monoisotopic (exact) mass is 430 g/mol. The zero-order valence-electron chi connectivity index (χ0n) is 19.9. The molecule has 4 saturated carbocycles. The summed E-state index contributed by atoms with van der Waals surface area (Å²) in [6.45, 7) is 9.21. The molecule has 1 heterocycles. The van der Waals surface area contributed by atoms with Crippen molar-refractivity contribution in [2.24, 2.45) is 46.3 Å². The summed E-state index contributed by atoms with van der Waals surface area (Å²) in [4.78, 5) is 13.9. The molecule has 0 aromatic heterocycles. The molecule has 2 N–H and O–H groups in total. The van der Waals surface area contributed by atoms with Crippen LogP contribution in [0.25, 0.3) is 0 Å². The lowest BCUT2D eigenvalue weighted by Crippen LogP contribution is -2.57. The van der Waals surface area contributed by atoms with Gasteiger partial charge in [-0.15, -0.1) is 0 Å². The minimum absolute atomic E-state index is 0.141. The van der Waals surface area contributed by atoms with Gasteiger partial charge in [0.25, 0.3) is 0 Å². The van der Waals surface area contributed by atoms with E-state index in [0.717, 1.165) is 50.7 Å². The highest BCUT2D eigenvalue weighted by Gasteiger charge is 2.67. The Balaban J connectivity index is 1.41. The van der Waals surface area contributed by atoms with Crippen molar-refractivity contribution >= 4 is 5.78 Å². The van der Waals surface area contributed by atoms with E-state index in [9.17, 15) is 15.0 Å². The lowest BCUT2D eigenvalue weighted by molar-refractivity contribution is -0.158. The predicted molar refractivity (Wildman–Crippen MR) is 120 cm³/mol. The van der Waals surface area contributed by atoms with E-state index in [1.54, 1.807) is 0 Å². The SMILES string of the molecule is CC1=C(CC[C@@H](C)CO)O[C@H]2C[C@@H]3[C@@H]4CC[C@@H]5C[C@H](O)CC[C@@]5(C)[C@@H]4CC(=O)[C@]3(C)[C@@H]12. The van der Waals surface area contributed by atoms with E-state index in [1.165, 1.54) is 18.4 Å². The lowest BCUT2D eigenvalue weighted by Gasteiger charge is -2.60. The maximum Gasteiger partial charge on any atom is 0.140 e. The van der Waals surface area contributed by atoms with Gasteiger partial charge in [-0.3, -0.25) is 4.79 Å². The van der Waals surface area contributed by atoms with Crippen molar-refractivity contribution in [3.05, 3.63) is 11.3 Å². The van der Waals surface area contributed by atoms with Crippen LogP contribution >= 0.6 is 0 Å². The van der Waals surface area contributed by atoms with Crippen molar-refractivity contribution < 1.29 is 19.7 Å². The van der Waals surface area contributed by atoms with Crippen LogP contribution in [0.15, 0.2) is 11.3 Å². The minimum Gasteiger partial charge on any atom is -0.494 e. The summed E-state index contributed by atoms with van der Waals surface area (Å²) in [6, 6.07) is 0. The van der Waals surface area contributed by atoms with Crippen LogP contribution in [-0.4, -0.2) is 34.8 Å². The second-order valence-electron chi connectivity index (χ2n) is 12.3. The molecule has 4 heteroatoms. The fraction of sp³-hybridized carbons (Fsp3) is 0.889. The number of aliphatic hydroxyl groups excluding tert-OH is 2. The van der Waals surface area contributed by atoms with Gasteiger partial charge < -0.3 is 14.9 Å². The van der Waals surface area contributed by atoms with Gasteiger partial charge in [-0.05, 0) is 92.4 Å². The standard InChI is InChI=1S/C27H42O4/c1-15(14-28)5-8-22-16(2)25-23(31-22)12-21-19-7-6-17-11-18(29)9-10-26(17,3)20(19)13-24(30)27(21,25)4/h15,17-21,23,25,28-29H,5-14H2,1-4H3/t15-,17-,18-,19-,20-,21-,23+,25+,26-,27-/m1/s1. The van der Waals surface area contributed by atoms with Gasteiger partial charge in [0.05, 0.1) is 11.9 Å². The molecule has 0 aromatic carbocycles. The molecule has 4 aliphatic carbocycles. The van der Waals surface area contributed by atoms with E-state index in [2.05, 4.69) is 27.7 Å². The molecular weight excluding hydrogens is 388 g/mol. The molecule has 31 heavy (non-hydrogen) atoms. The first-order valence-electron chi connectivity index (χ1n) is 12.9. The van der Waals surface area contributed by atoms with Gasteiger partial charge in [-0.25, -0.2) is 0 Å². The Morgan fingerprint density at radius 3 is 2.68 bits per heavy atom. The highest BCUT2D eigenvalue weighted by Crippen LogP contribution is 2.68. The Kier molecular flexibility index (Phi) is 5.37. The summed E-state index contributed by atoms with van der Waals surface area (Å²) in [5, 5.41) is 19.6. The Morgan fingerprint density at radius 2 is 1.94 bits per heavy atom. The fourth-order valence-corrected chi connectivity index (χ4v) is 8.97. The quantitative estimate of drug-likeness (QED) is 0.667. The molecule has 0 spiro atoms. The topological polar surface area (TPSA) is 66.8 Å². The Bertz CT molecular complexity index is 773. The lowest BCUT2D eigenvalue weighted by atomic mass is 9.44. The van der Waals surface area contributed by atoms with Crippen LogP contribution in [0.5, 0.6) is 0 Å². The number of hydrogen-bond acceptors (Lipinski definition) is 4. The maximum absolute atomic E-state index is 13.9. The molecule has 174 valence electrons. The van der Waals surface area contributed by atoms with Gasteiger partial charge in [0.1, 0.15) is 11.9 Å².